The summed E-state index contributed by atoms with van der Waals surface area (Å²) in [7, 11) is 0. The lowest BCUT2D eigenvalue weighted by Gasteiger charge is -2.02. The largest absolute Gasteiger partial charge is 0.360 e. The average Bonchev–Trinajstić information content (AvgIpc) is 2.85. The molecule has 0 saturated carbocycles. The number of nitrogens with zero attached hydrogens (tertiary/aromatic N) is 2. The van der Waals surface area contributed by atoms with Gasteiger partial charge in [-0.3, -0.25) is 10.1 Å². The van der Waals surface area contributed by atoms with Crippen LogP contribution in [0.25, 0.3) is 0 Å². The second kappa shape index (κ2) is 9.54. The Labute approximate surface area is 126 Å². The summed E-state index contributed by atoms with van der Waals surface area (Å²) in [4.78, 5) is 22.6. The predicted molar refractivity (Wildman–Crippen MR) is 81.2 cm³/mol. The molecule has 0 radical (unpaired) electrons. The van der Waals surface area contributed by atoms with E-state index in [1.165, 1.54) is 23.1 Å². The molecule has 0 atom stereocenters. The standard InChI is InChI=1S/C11H19N5O2S2/c1-3-5-6-13-10-15-16-11(20-10)19-7-8(17)14-9(18)12-4-2/h3-7H2,1-2H3,(H,13,15)(H2,12,14,17,18). The molecule has 3 N–H and O–H groups in total. The highest BCUT2D eigenvalue weighted by Crippen LogP contribution is 2.25. The molecule has 1 heterocycles. The molecule has 0 fully saturated rings. The van der Waals surface area contributed by atoms with Crippen molar-refractivity contribution in [2.24, 2.45) is 0 Å². The number of carbonyl (C=O) groups excluding carboxylic acids is 2. The van der Waals surface area contributed by atoms with Gasteiger partial charge in [0.2, 0.25) is 11.0 Å². The fourth-order valence-electron chi connectivity index (χ4n) is 1.21. The molecule has 1 rings (SSSR count). The van der Waals surface area contributed by atoms with E-state index in [4.69, 9.17) is 0 Å². The molecule has 1 aromatic heterocycles. The zero-order chi connectivity index (χ0) is 14.8. The van der Waals surface area contributed by atoms with Gasteiger partial charge in [0.15, 0.2) is 4.34 Å². The summed E-state index contributed by atoms with van der Waals surface area (Å²) in [6.07, 6.45) is 2.20. The van der Waals surface area contributed by atoms with Crippen molar-refractivity contribution in [3.63, 3.8) is 0 Å². The van der Waals surface area contributed by atoms with Crippen LogP contribution in [0.5, 0.6) is 0 Å². The average molecular weight is 317 g/mol. The van der Waals surface area contributed by atoms with E-state index in [0.717, 1.165) is 24.5 Å². The SMILES string of the molecule is CCCCNc1nnc(SCC(=O)NC(=O)NCC)s1. The maximum atomic E-state index is 11.5. The van der Waals surface area contributed by atoms with Crippen LogP contribution in [0.3, 0.4) is 0 Å². The fourth-order valence-corrected chi connectivity index (χ4v) is 2.78. The number of rotatable bonds is 8. The summed E-state index contributed by atoms with van der Waals surface area (Å²) < 4.78 is 0.704. The Hall–Kier alpha value is -1.35. The zero-order valence-corrected chi connectivity index (χ0v) is 13.2. The van der Waals surface area contributed by atoms with Crippen LogP contribution < -0.4 is 16.0 Å². The first-order valence-corrected chi connectivity index (χ1v) is 8.23. The number of aromatic nitrogens is 2. The highest BCUT2D eigenvalue weighted by Gasteiger charge is 2.10. The van der Waals surface area contributed by atoms with Gasteiger partial charge >= 0.3 is 6.03 Å². The van der Waals surface area contributed by atoms with Crippen LogP contribution in [0.4, 0.5) is 9.93 Å². The van der Waals surface area contributed by atoms with Crippen molar-refractivity contribution in [1.29, 1.82) is 0 Å². The monoisotopic (exact) mass is 317 g/mol. The van der Waals surface area contributed by atoms with E-state index in [9.17, 15) is 9.59 Å². The van der Waals surface area contributed by atoms with E-state index < -0.39 is 6.03 Å². The van der Waals surface area contributed by atoms with Crippen molar-refractivity contribution >= 4 is 40.2 Å². The van der Waals surface area contributed by atoms with Gasteiger partial charge in [-0.25, -0.2) is 4.79 Å². The van der Waals surface area contributed by atoms with Gasteiger partial charge in [-0.15, -0.1) is 10.2 Å². The van der Waals surface area contributed by atoms with Crippen molar-refractivity contribution in [3.05, 3.63) is 0 Å². The summed E-state index contributed by atoms with van der Waals surface area (Å²) in [5.41, 5.74) is 0. The van der Waals surface area contributed by atoms with Crippen LogP contribution in [0.1, 0.15) is 26.7 Å². The Bertz CT molecular complexity index is 438. The summed E-state index contributed by atoms with van der Waals surface area (Å²) in [6.45, 7) is 5.26. The molecule has 0 saturated heterocycles. The number of hydrogen-bond donors (Lipinski definition) is 3. The molecule has 1 aromatic rings. The quantitative estimate of drug-likeness (QED) is 0.499. The van der Waals surface area contributed by atoms with Gasteiger partial charge in [0.25, 0.3) is 0 Å². The molecule has 20 heavy (non-hydrogen) atoms. The molecule has 112 valence electrons. The van der Waals surface area contributed by atoms with E-state index in [1.54, 1.807) is 6.92 Å². The number of imide groups is 1. The molecule has 0 unspecified atom stereocenters. The number of nitrogens with one attached hydrogen (secondary N) is 3. The van der Waals surface area contributed by atoms with Gasteiger partial charge in [0.1, 0.15) is 0 Å². The van der Waals surface area contributed by atoms with Gasteiger partial charge in [-0.05, 0) is 13.3 Å². The summed E-state index contributed by atoms with van der Waals surface area (Å²) >= 11 is 2.67. The number of urea groups is 1. The van der Waals surface area contributed by atoms with Crippen LogP contribution in [-0.2, 0) is 4.79 Å². The van der Waals surface area contributed by atoms with Gasteiger partial charge in [-0.1, -0.05) is 36.4 Å². The fraction of sp³-hybridized carbons (Fsp3) is 0.636. The Morgan fingerprint density at radius 1 is 1.30 bits per heavy atom. The van der Waals surface area contributed by atoms with Gasteiger partial charge in [0, 0.05) is 13.1 Å². The summed E-state index contributed by atoms with van der Waals surface area (Å²) in [5, 5.41) is 16.6. The van der Waals surface area contributed by atoms with E-state index in [2.05, 4.69) is 33.1 Å². The van der Waals surface area contributed by atoms with Crippen molar-refractivity contribution in [2.45, 2.75) is 31.0 Å². The maximum Gasteiger partial charge on any atom is 0.321 e. The van der Waals surface area contributed by atoms with Crippen LogP contribution in [0.15, 0.2) is 4.34 Å². The molecule has 3 amide bonds. The number of anilines is 1. The Morgan fingerprint density at radius 2 is 2.10 bits per heavy atom. The minimum atomic E-state index is -0.475. The van der Waals surface area contributed by atoms with Crippen molar-refractivity contribution in [2.75, 3.05) is 24.2 Å². The van der Waals surface area contributed by atoms with Crippen LogP contribution in [0.2, 0.25) is 0 Å². The first kappa shape index (κ1) is 16.7. The Morgan fingerprint density at radius 3 is 2.80 bits per heavy atom. The lowest BCUT2D eigenvalue weighted by atomic mass is 10.3. The lowest BCUT2D eigenvalue weighted by Crippen LogP contribution is -2.40. The minimum absolute atomic E-state index is 0.140. The molecule has 0 aliphatic rings. The Kier molecular flexibility index (Phi) is 7.97. The molecule has 9 heteroatoms. The topological polar surface area (TPSA) is 96.0 Å². The van der Waals surface area contributed by atoms with E-state index in [-0.39, 0.29) is 11.7 Å². The van der Waals surface area contributed by atoms with Crippen molar-refractivity contribution in [1.82, 2.24) is 20.8 Å². The molecule has 7 nitrogen and oxygen atoms in total. The minimum Gasteiger partial charge on any atom is -0.360 e. The van der Waals surface area contributed by atoms with Crippen molar-refractivity contribution in [3.8, 4) is 0 Å². The Balaban J connectivity index is 2.27. The number of carbonyl (C=O) groups is 2. The van der Waals surface area contributed by atoms with Gasteiger partial charge in [-0.2, -0.15) is 0 Å². The number of hydrogen-bond acceptors (Lipinski definition) is 7. The number of unbranched alkanes of at least 4 members (excludes halogenated alkanes) is 1. The first-order valence-electron chi connectivity index (χ1n) is 6.43. The summed E-state index contributed by atoms with van der Waals surface area (Å²) in [5.74, 6) is -0.211. The van der Waals surface area contributed by atoms with E-state index in [0.29, 0.717) is 10.9 Å². The highest BCUT2D eigenvalue weighted by molar-refractivity contribution is 8.01. The van der Waals surface area contributed by atoms with E-state index in [1.807, 2.05) is 0 Å². The molecular weight excluding hydrogens is 298 g/mol. The highest BCUT2D eigenvalue weighted by atomic mass is 32.2. The third-order valence-corrected chi connectivity index (χ3v) is 4.14. The second-order valence-electron chi connectivity index (χ2n) is 3.85. The van der Waals surface area contributed by atoms with Crippen molar-refractivity contribution < 1.29 is 9.59 Å². The van der Waals surface area contributed by atoms with Crippen LogP contribution >= 0.6 is 23.1 Å². The van der Waals surface area contributed by atoms with Gasteiger partial charge < -0.3 is 10.6 Å². The maximum absolute atomic E-state index is 11.5. The van der Waals surface area contributed by atoms with Crippen LogP contribution in [0, 0.1) is 0 Å². The normalized spacial score (nSPS) is 10.1. The third-order valence-electron chi connectivity index (χ3n) is 2.13. The van der Waals surface area contributed by atoms with Gasteiger partial charge in [0.05, 0.1) is 5.75 Å². The molecule has 0 spiro atoms. The first-order chi connectivity index (χ1) is 9.65. The smallest absolute Gasteiger partial charge is 0.321 e. The van der Waals surface area contributed by atoms with Crippen LogP contribution in [-0.4, -0.2) is 41.0 Å². The zero-order valence-electron chi connectivity index (χ0n) is 11.6. The molecule has 0 aliphatic carbocycles. The second-order valence-corrected chi connectivity index (χ2v) is 6.05. The third kappa shape index (κ3) is 6.71. The molecule has 0 aliphatic heterocycles. The predicted octanol–water partition coefficient (Wildman–Crippen LogP) is 1.69. The molecule has 0 bridgehead atoms. The number of amides is 3. The number of thioether (sulfide) groups is 1. The lowest BCUT2D eigenvalue weighted by molar-refractivity contribution is -0.117. The molecule has 0 aromatic carbocycles. The molecular formula is C11H19N5O2S2. The van der Waals surface area contributed by atoms with E-state index >= 15 is 0 Å². The summed E-state index contributed by atoms with van der Waals surface area (Å²) in [6, 6.07) is -0.475.